The summed E-state index contributed by atoms with van der Waals surface area (Å²) in [7, 11) is 0. The molecule has 1 atom stereocenters. The largest absolute Gasteiger partial charge is 0.490 e. The van der Waals surface area contributed by atoms with Gasteiger partial charge in [0.15, 0.2) is 0 Å². The van der Waals surface area contributed by atoms with Gasteiger partial charge in [0, 0.05) is 5.56 Å². The van der Waals surface area contributed by atoms with E-state index in [1.165, 1.54) is 11.9 Å². The van der Waals surface area contributed by atoms with Gasteiger partial charge >= 0.3 is 0 Å². The van der Waals surface area contributed by atoms with E-state index in [4.69, 9.17) is 9.57 Å². The molecule has 6 nitrogen and oxygen atoms in total. The first-order chi connectivity index (χ1) is 11.8. The Kier molecular flexibility index (Phi) is 4.79. The van der Waals surface area contributed by atoms with Crippen molar-refractivity contribution in [2.75, 3.05) is 0 Å². The molecule has 0 spiro atoms. The van der Waals surface area contributed by atoms with Crippen LogP contribution in [0.15, 0.2) is 36.0 Å². The maximum Gasteiger partial charge on any atom is 0.201 e. The van der Waals surface area contributed by atoms with Gasteiger partial charge in [0.1, 0.15) is 30.6 Å². The summed E-state index contributed by atoms with van der Waals surface area (Å²) in [5, 5.41) is 8.47. The lowest BCUT2D eigenvalue weighted by Gasteiger charge is -2.35. The van der Waals surface area contributed by atoms with E-state index in [-0.39, 0.29) is 17.6 Å². The Labute approximate surface area is 148 Å². The van der Waals surface area contributed by atoms with Crippen molar-refractivity contribution in [1.29, 1.82) is 0 Å². The Bertz CT molecular complexity index is 745. The van der Waals surface area contributed by atoms with Crippen molar-refractivity contribution in [3.05, 3.63) is 42.0 Å². The number of oxime groups is 1. The highest BCUT2D eigenvalue weighted by Gasteiger charge is 2.30. The average Bonchev–Trinajstić information content (AvgIpc) is 3.07. The van der Waals surface area contributed by atoms with E-state index in [1.54, 1.807) is 11.0 Å². The molecule has 0 N–H and O–H groups in total. The summed E-state index contributed by atoms with van der Waals surface area (Å²) >= 11 is 0. The highest BCUT2D eigenvalue weighted by molar-refractivity contribution is 5.99. The van der Waals surface area contributed by atoms with Crippen molar-refractivity contribution in [2.24, 2.45) is 10.6 Å². The van der Waals surface area contributed by atoms with Crippen molar-refractivity contribution in [3.8, 4) is 5.75 Å². The van der Waals surface area contributed by atoms with Gasteiger partial charge in [-0.05, 0) is 43.7 Å². The first-order valence-corrected chi connectivity index (χ1v) is 8.73. The number of rotatable bonds is 3. The summed E-state index contributed by atoms with van der Waals surface area (Å²) < 4.78 is 7.89. The fraction of sp³-hybridized carbons (Fsp3) is 0.526. The van der Waals surface area contributed by atoms with Crippen LogP contribution in [0, 0.1) is 5.41 Å². The molecule has 1 aromatic carbocycles. The lowest BCUT2D eigenvalue weighted by atomic mass is 9.84. The number of aromatic nitrogens is 3. The van der Waals surface area contributed by atoms with Gasteiger partial charge < -0.3 is 9.57 Å². The molecular weight excluding hydrogens is 316 g/mol. The fourth-order valence-corrected chi connectivity index (χ4v) is 2.82. The summed E-state index contributed by atoms with van der Waals surface area (Å²) in [6, 6.07) is 6.16. The molecule has 0 radical (unpaired) electrons. The van der Waals surface area contributed by atoms with E-state index in [2.05, 4.69) is 42.1 Å². The van der Waals surface area contributed by atoms with Gasteiger partial charge in [-0.2, -0.15) is 9.78 Å². The Morgan fingerprint density at radius 3 is 2.80 bits per heavy atom. The molecule has 1 aromatic heterocycles. The molecule has 0 aliphatic carbocycles. The van der Waals surface area contributed by atoms with Gasteiger partial charge in [-0.15, -0.1) is 0 Å². The second-order valence-electron chi connectivity index (χ2n) is 7.74. The number of fused-ring (bicyclic) bond motifs is 1. The van der Waals surface area contributed by atoms with Crippen LogP contribution < -0.4 is 4.74 Å². The third-order valence-electron chi connectivity index (χ3n) is 4.22. The maximum atomic E-state index is 6.29. The predicted octanol–water partition coefficient (Wildman–Crippen LogP) is 3.65. The molecule has 0 saturated carbocycles. The van der Waals surface area contributed by atoms with E-state index in [0.29, 0.717) is 5.84 Å². The minimum Gasteiger partial charge on any atom is -0.490 e. The Morgan fingerprint density at radius 2 is 2.16 bits per heavy atom. The van der Waals surface area contributed by atoms with E-state index >= 15 is 0 Å². The summed E-state index contributed by atoms with van der Waals surface area (Å²) in [4.78, 5) is 9.47. The van der Waals surface area contributed by atoms with Gasteiger partial charge in [0.2, 0.25) is 5.84 Å². The molecule has 0 bridgehead atoms. The molecule has 0 saturated heterocycles. The highest BCUT2D eigenvalue weighted by Crippen LogP contribution is 2.35. The maximum absolute atomic E-state index is 6.29. The second-order valence-corrected chi connectivity index (χ2v) is 7.74. The minimum atomic E-state index is -0.0160. The molecule has 2 heterocycles. The van der Waals surface area contributed by atoms with Crippen molar-refractivity contribution >= 4 is 5.84 Å². The van der Waals surface area contributed by atoms with Crippen LogP contribution in [-0.2, 0) is 11.3 Å². The zero-order valence-corrected chi connectivity index (χ0v) is 15.6. The Morgan fingerprint density at radius 1 is 1.36 bits per heavy atom. The molecule has 0 amide bonds. The standard InChI is InChI=1S/C19H26N4O2/c1-13(2)25-22-18(23-12-20-11-21-23)15-7-6-14-8-9-17(19(3,4)5)24-16(14)10-15/h6-7,10-13,17H,8-9H2,1-5H3/b22-18-. The van der Waals surface area contributed by atoms with Crippen LogP contribution in [0.2, 0.25) is 0 Å². The predicted molar refractivity (Wildman–Crippen MR) is 96.8 cm³/mol. The third kappa shape index (κ3) is 4.00. The van der Waals surface area contributed by atoms with Gasteiger partial charge in [0.05, 0.1) is 0 Å². The quantitative estimate of drug-likeness (QED) is 0.485. The number of hydrogen-bond donors (Lipinski definition) is 0. The number of nitrogens with zero attached hydrogens (tertiary/aromatic N) is 4. The zero-order valence-electron chi connectivity index (χ0n) is 15.6. The lowest BCUT2D eigenvalue weighted by Crippen LogP contribution is -2.35. The molecule has 25 heavy (non-hydrogen) atoms. The highest BCUT2D eigenvalue weighted by atomic mass is 16.6. The van der Waals surface area contributed by atoms with Gasteiger partial charge in [-0.25, -0.2) is 4.98 Å². The second kappa shape index (κ2) is 6.86. The molecule has 1 unspecified atom stereocenters. The monoisotopic (exact) mass is 342 g/mol. The normalized spacial score (nSPS) is 18.0. The van der Waals surface area contributed by atoms with Gasteiger partial charge in [-0.3, -0.25) is 0 Å². The van der Waals surface area contributed by atoms with Crippen LogP contribution in [0.25, 0.3) is 0 Å². The number of benzene rings is 1. The molecule has 1 aliphatic heterocycles. The van der Waals surface area contributed by atoms with Crippen LogP contribution in [0.5, 0.6) is 5.75 Å². The summed E-state index contributed by atoms with van der Waals surface area (Å²) in [5.74, 6) is 1.51. The molecule has 1 aliphatic rings. The lowest BCUT2D eigenvalue weighted by molar-refractivity contribution is 0.0674. The Balaban J connectivity index is 1.95. The molecule has 134 valence electrons. The number of ether oxygens (including phenoxy) is 1. The topological polar surface area (TPSA) is 61.5 Å². The van der Waals surface area contributed by atoms with Crippen LogP contribution in [-0.4, -0.2) is 32.8 Å². The first kappa shape index (κ1) is 17.5. The van der Waals surface area contributed by atoms with E-state index in [0.717, 1.165) is 24.2 Å². The zero-order chi connectivity index (χ0) is 18.0. The number of aryl methyl sites for hydroxylation is 1. The van der Waals surface area contributed by atoms with Crippen molar-refractivity contribution in [2.45, 2.75) is 59.7 Å². The SMILES string of the molecule is CC(C)O/N=C(/c1ccc2c(c1)OC(C(C)(C)C)CC2)n1cncn1. The van der Waals surface area contributed by atoms with E-state index < -0.39 is 0 Å². The first-order valence-electron chi connectivity index (χ1n) is 8.73. The molecule has 2 aromatic rings. The van der Waals surface area contributed by atoms with Crippen molar-refractivity contribution in [3.63, 3.8) is 0 Å². The van der Waals surface area contributed by atoms with Crippen LogP contribution in [0.4, 0.5) is 0 Å². The molecule has 0 fully saturated rings. The van der Waals surface area contributed by atoms with Crippen molar-refractivity contribution in [1.82, 2.24) is 14.8 Å². The summed E-state index contributed by atoms with van der Waals surface area (Å²) in [6.07, 6.45) is 5.34. The van der Waals surface area contributed by atoms with E-state index in [9.17, 15) is 0 Å². The minimum absolute atomic E-state index is 0.0160. The van der Waals surface area contributed by atoms with Crippen molar-refractivity contribution < 1.29 is 9.57 Å². The smallest absolute Gasteiger partial charge is 0.201 e. The van der Waals surface area contributed by atoms with Crippen LogP contribution in [0.1, 0.15) is 52.2 Å². The summed E-state index contributed by atoms with van der Waals surface area (Å²) in [6.45, 7) is 10.5. The third-order valence-corrected chi connectivity index (χ3v) is 4.22. The molecule has 3 rings (SSSR count). The van der Waals surface area contributed by atoms with Crippen LogP contribution in [0.3, 0.4) is 0 Å². The average molecular weight is 342 g/mol. The van der Waals surface area contributed by atoms with E-state index in [1.807, 2.05) is 26.0 Å². The van der Waals surface area contributed by atoms with Gasteiger partial charge in [-0.1, -0.05) is 38.1 Å². The Hall–Kier alpha value is -2.37. The fourth-order valence-electron chi connectivity index (χ4n) is 2.82. The van der Waals surface area contributed by atoms with Gasteiger partial charge in [0.25, 0.3) is 0 Å². The molecular formula is C19H26N4O2. The summed E-state index contributed by atoms with van der Waals surface area (Å²) in [5.41, 5.74) is 2.23. The molecule has 6 heteroatoms. The number of hydrogen-bond acceptors (Lipinski definition) is 5. The van der Waals surface area contributed by atoms with Crippen LogP contribution >= 0.6 is 0 Å².